The fourth-order valence-corrected chi connectivity index (χ4v) is 4.39. The minimum absolute atomic E-state index is 0.0106. The smallest absolute Gasteiger partial charge is 0.188 e. The summed E-state index contributed by atoms with van der Waals surface area (Å²) in [5.74, 6) is 0.275. The van der Waals surface area contributed by atoms with Gasteiger partial charge in [-0.3, -0.25) is 9.48 Å². The highest BCUT2D eigenvalue weighted by Crippen LogP contribution is 2.25. The Hall–Kier alpha value is -4.03. The minimum Gasteiger partial charge on any atom is -0.303 e. The molecule has 0 aliphatic heterocycles. The number of aryl methyl sites for hydroxylation is 2. The first-order valence-electron chi connectivity index (χ1n) is 11.8. The summed E-state index contributed by atoms with van der Waals surface area (Å²) >= 11 is 0. The van der Waals surface area contributed by atoms with Gasteiger partial charge in [0, 0.05) is 37.1 Å². The number of nitrogens with zero attached hydrogens (tertiary/aromatic N) is 4. The third-order valence-corrected chi connectivity index (χ3v) is 6.49. The Bertz CT molecular complexity index is 1450. The Morgan fingerprint density at radius 3 is 2.37 bits per heavy atom. The van der Waals surface area contributed by atoms with Gasteiger partial charge in [0.2, 0.25) is 0 Å². The lowest BCUT2D eigenvalue weighted by molar-refractivity contribution is 0.0944. The zero-order valence-electron chi connectivity index (χ0n) is 20.2. The maximum Gasteiger partial charge on any atom is 0.188 e. The lowest BCUT2D eigenvalue weighted by Gasteiger charge is -2.21. The van der Waals surface area contributed by atoms with Crippen molar-refractivity contribution in [1.82, 2.24) is 24.7 Å². The van der Waals surface area contributed by atoms with Crippen LogP contribution >= 0.6 is 0 Å². The van der Waals surface area contributed by atoms with E-state index in [0.717, 1.165) is 22.2 Å². The van der Waals surface area contributed by atoms with Gasteiger partial charge < -0.3 is 5.32 Å². The molecule has 0 bridgehead atoms. The molecule has 0 saturated heterocycles. The number of Topliss-reactive ketones (excluding diaryl/α,β-unsaturated/α-hetero) is 1. The zero-order chi connectivity index (χ0) is 24.4. The molecule has 3 aromatic heterocycles. The van der Waals surface area contributed by atoms with Crippen LogP contribution in [0.5, 0.6) is 0 Å². The average molecular weight is 464 g/mol. The number of nitrogens with one attached hydrogen (secondary N) is 1. The molecule has 35 heavy (non-hydrogen) atoms. The summed E-state index contributed by atoms with van der Waals surface area (Å²) in [6.45, 7) is 4.95. The number of benzene rings is 2. The van der Waals surface area contributed by atoms with Crippen molar-refractivity contribution in [3.63, 3.8) is 0 Å². The Morgan fingerprint density at radius 2 is 1.66 bits per heavy atom. The molecule has 0 aliphatic carbocycles. The average Bonchev–Trinajstić information content (AvgIpc) is 3.51. The van der Waals surface area contributed by atoms with Crippen molar-refractivity contribution in [1.29, 1.82) is 0 Å². The van der Waals surface area contributed by atoms with E-state index in [1.54, 1.807) is 15.4 Å². The van der Waals surface area contributed by atoms with Crippen LogP contribution in [0.4, 0.5) is 0 Å². The summed E-state index contributed by atoms with van der Waals surface area (Å²) in [6.07, 6.45) is 7.39. The van der Waals surface area contributed by atoms with E-state index in [1.807, 2.05) is 68.1 Å². The van der Waals surface area contributed by atoms with Gasteiger partial charge in [-0.2, -0.15) is 10.2 Å². The van der Waals surface area contributed by atoms with Gasteiger partial charge >= 0.3 is 0 Å². The summed E-state index contributed by atoms with van der Waals surface area (Å²) in [6, 6.07) is 22.0. The van der Waals surface area contributed by atoms with Crippen molar-refractivity contribution >= 4 is 11.3 Å². The Kier molecular flexibility index (Phi) is 6.29. The van der Waals surface area contributed by atoms with Crippen LogP contribution in [0.1, 0.15) is 45.9 Å². The van der Waals surface area contributed by atoms with Gasteiger partial charge in [0.25, 0.3) is 0 Å². The summed E-state index contributed by atoms with van der Waals surface area (Å²) < 4.78 is 3.54. The van der Waals surface area contributed by atoms with Gasteiger partial charge in [-0.05, 0) is 30.0 Å². The van der Waals surface area contributed by atoms with E-state index in [1.165, 1.54) is 11.1 Å². The van der Waals surface area contributed by atoms with E-state index in [0.29, 0.717) is 12.1 Å². The normalized spacial score (nSPS) is 13.1. The van der Waals surface area contributed by atoms with Crippen molar-refractivity contribution in [2.24, 2.45) is 7.05 Å². The minimum atomic E-state index is -0.463. The molecular formula is C29H29N5O. The quantitative estimate of drug-likeness (QED) is 0.315. The van der Waals surface area contributed by atoms with Gasteiger partial charge in [-0.1, -0.05) is 73.2 Å². The Morgan fingerprint density at radius 1 is 0.886 bits per heavy atom. The van der Waals surface area contributed by atoms with Gasteiger partial charge in [0.15, 0.2) is 5.78 Å². The standard InChI is InChI=1S/C29H29N5O/c1-20-9-11-22(12-10-20)21(2)15-30-28(23-7-5-4-6-8-23)29(35)26-17-32-34-19-24(13-14-27(26)34)25-16-31-33(3)18-25/h4-14,16-19,21,28,30H,15H2,1-3H3/t21-,28-/m0/s1. The second-order valence-corrected chi connectivity index (χ2v) is 9.14. The second-order valence-electron chi connectivity index (χ2n) is 9.14. The lowest BCUT2D eigenvalue weighted by atomic mass is 9.95. The largest absolute Gasteiger partial charge is 0.303 e. The highest BCUT2D eigenvalue weighted by Gasteiger charge is 2.25. The molecule has 5 rings (SSSR count). The first-order valence-corrected chi connectivity index (χ1v) is 11.8. The molecule has 6 heteroatoms. The van der Waals surface area contributed by atoms with Crippen LogP contribution < -0.4 is 5.32 Å². The van der Waals surface area contributed by atoms with Crippen LogP contribution in [-0.2, 0) is 7.05 Å². The van der Waals surface area contributed by atoms with Gasteiger partial charge in [0.1, 0.15) is 0 Å². The highest BCUT2D eigenvalue weighted by molar-refractivity contribution is 6.06. The first kappa shape index (κ1) is 22.7. The van der Waals surface area contributed by atoms with E-state index in [-0.39, 0.29) is 11.7 Å². The van der Waals surface area contributed by atoms with Crippen LogP contribution in [0.25, 0.3) is 16.6 Å². The van der Waals surface area contributed by atoms with E-state index in [9.17, 15) is 4.79 Å². The van der Waals surface area contributed by atoms with Gasteiger partial charge in [-0.15, -0.1) is 0 Å². The molecule has 0 radical (unpaired) electrons. The van der Waals surface area contributed by atoms with Crippen LogP contribution in [0.15, 0.2) is 91.5 Å². The number of ketones is 1. The van der Waals surface area contributed by atoms with Crippen LogP contribution in [0.2, 0.25) is 0 Å². The second kappa shape index (κ2) is 9.68. The molecule has 0 aliphatic rings. The third kappa shape index (κ3) is 4.79. The molecule has 0 unspecified atom stereocenters. The number of pyridine rings is 1. The number of hydrogen-bond donors (Lipinski definition) is 1. The predicted octanol–water partition coefficient (Wildman–Crippen LogP) is 5.36. The summed E-state index contributed by atoms with van der Waals surface area (Å²) in [7, 11) is 1.89. The lowest BCUT2D eigenvalue weighted by Crippen LogP contribution is -2.31. The predicted molar refractivity (Wildman–Crippen MR) is 139 cm³/mol. The van der Waals surface area contributed by atoms with Gasteiger partial charge in [0.05, 0.1) is 29.5 Å². The monoisotopic (exact) mass is 463 g/mol. The molecule has 2 atom stereocenters. The van der Waals surface area contributed by atoms with Crippen LogP contribution in [-0.4, -0.2) is 31.7 Å². The van der Waals surface area contributed by atoms with E-state index >= 15 is 0 Å². The topological polar surface area (TPSA) is 64.2 Å². The first-order chi connectivity index (χ1) is 17.0. The molecule has 0 saturated carbocycles. The van der Waals surface area contributed by atoms with Crippen molar-refractivity contribution in [2.75, 3.05) is 6.54 Å². The summed E-state index contributed by atoms with van der Waals surface area (Å²) in [4.78, 5) is 13.8. The molecule has 0 fully saturated rings. The van der Waals surface area contributed by atoms with Crippen molar-refractivity contribution in [3.05, 3.63) is 114 Å². The zero-order valence-corrected chi connectivity index (χ0v) is 20.2. The van der Waals surface area contributed by atoms with Crippen LogP contribution in [0, 0.1) is 6.92 Å². The number of fused-ring (bicyclic) bond motifs is 1. The fourth-order valence-electron chi connectivity index (χ4n) is 4.39. The summed E-state index contributed by atoms with van der Waals surface area (Å²) in [5.41, 5.74) is 6.83. The molecule has 3 heterocycles. The number of rotatable bonds is 8. The van der Waals surface area contributed by atoms with E-state index in [4.69, 9.17) is 0 Å². The Labute approximate surface area is 205 Å². The molecule has 2 aromatic carbocycles. The molecule has 0 spiro atoms. The molecule has 1 N–H and O–H groups in total. The van der Waals surface area contributed by atoms with E-state index < -0.39 is 6.04 Å². The number of carbonyl (C=O) groups is 1. The van der Waals surface area contributed by atoms with E-state index in [2.05, 4.69) is 53.6 Å². The van der Waals surface area contributed by atoms with Crippen molar-refractivity contribution in [3.8, 4) is 11.1 Å². The molecule has 176 valence electrons. The molecular weight excluding hydrogens is 434 g/mol. The maximum absolute atomic E-state index is 13.8. The molecule has 5 aromatic rings. The molecule has 6 nitrogen and oxygen atoms in total. The Balaban J connectivity index is 1.42. The van der Waals surface area contributed by atoms with Crippen LogP contribution in [0.3, 0.4) is 0 Å². The van der Waals surface area contributed by atoms with Crippen molar-refractivity contribution in [2.45, 2.75) is 25.8 Å². The number of aromatic nitrogens is 4. The van der Waals surface area contributed by atoms with Crippen molar-refractivity contribution < 1.29 is 4.79 Å². The highest BCUT2D eigenvalue weighted by atomic mass is 16.1. The third-order valence-electron chi connectivity index (χ3n) is 6.49. The SMILES string of the molecule is Cc1ccc([C@@H](C)CN[C@H](C(=O)c2cnn3cc(-c4cnn(C)c4)ccc23)c2ccccc2)cc1. The summed E-state index contributed by atoms with van der Waals surface area (Å²) in [5, 5.41) is 12.3. The molecule has 0 amide bonds. The maximum atomic E-state index is 13.8. The number of carbonyl (C=O) groups excluding carboxylic acids is 1. The van der Waals surface area contributed by atoms with Gasteiger partial charge in [-0.25, -0.2) is 4.52 Å². The fraction of sp³-hybridized carbons (Fsp3) is 0.207. The number of hydrogen-bond acceptors (Lipinski definition) is 4.